The first-order chi connectivity index (χ1) is 16.3. The summed E-state index contributed by atoms with van der Waals surface area (Å²) in [5, 5.41) is 5.29. The van der Waals surface area contributed by atoms with Gasteiger partial charge in [0.05, 0.1) is 27.9 Å². The third-order valence-corrected chi connectivity index (χ3v) is 8.24. The van der Waals surface area contributed by atoms with Gasteiger partial charge in [0.2, 0.25) is 5.91 Å². The van der Waals surface area contributed by atoms with Crippen molar-refractivity contribution in [2.45, 2.75) is 17.7 Å². The number of methoxy groups -OCH3 is 1. The Morgan fingerprint density at radius 1 is 1.15 bits per heavy atom. The number of benzene rings is 2. The van der Waals surface area contributed by atoms with E-state index in [2.05, 4.69) is 10.3 Å². The van der Waals surface area contributed by atoms with Crippen molar-refractivity contribution < 1.29 is 17.9 Å². The summed E-state index contributed by atoms with van der Waals surface area (Å²) >= 11 is 2.79. The summed E-state index contributed by atoms with van der Waals surface area (Å²) in [7, 11) is -1.67. The molecule has 1 amide bonds. The molecule has 34 heavy (non-hydrogen) atoms. The van der Waals surface area contributed by atoms with Crippen LogP contribution in [-0.2, 0) is 21.1 Å². The van der Waals surface area contributed by atoms with Gasteiger partial charge in [0, 0.05) is 35.5 Å². The van der Waals surface area contributed by atoms with Crippen molar-refractivity contribution in [3.05, 3.63) is 59.7 Å². The Kier molecular flexibility index (Phi) is 5.84. The number of fused-ring (bicyclic) bond motifs is 2. The quantitative estimate of drug-likeness (QED) is 0.340. The van der Waals surface area contributed by atoms with Crippen molar-refractivity contribution in [2.75, 3.05) is 18.7 Å². The van der Waals surface area contributed by atoms with E-state index in [9.17, 15) is 13.2 Å². The first-order valence-corrected chi connectivity index (χ1v) is 13.9. The van der Waals surface area contributed by atoms with Gasteiger partial charge >= 0.3 is 0 Å². The topological polar surface area (TPSA) is 103 Å². The molecule has 5 aromatic rings. The van der Waals surface area contributed by atoms with E-state index in [0.717, 1.165) is 27.7 Å². The maximum atomic E-state index is 12.6. The maximum absolute atomic E-state index is 12.6. The highest BCUT2D eigenvalue weighted by atomic mass is 32.2. The second-order valence-corrected chi connectivity index (χ2v) is 11.6. The number of anilines is 1. The lowest BCUT2D eigenvalue weighted by molar-refractivity contribution is -0.116. The Hall–Kier alpha value is -3.28. The molecule has 2 aromatic carbocycles. The molecule has 0 spiro atoms. The van der Waals surface area contributed by atoms with E-state index < -0.39 is 9.84 Å². The molecule has 3 aromatic heterocycles. The SMILES string of the molecule is COc1ccc(-c2cn3c(CCC(=O)Nc4nc5ccc(S(C)(=O)=O)cc5s4)csc3n2)cc1. The van der Waals surface area contributed by atoms with Crippen LogP contribution >= 0.6 is 22.7 Å². The van der Waals surface area contributed by atoms with E-state index >= 15 is 0 Å². The van der Waals surface area contributed by atoms with Crippen molar-refractivity contribution in [1.29, 1.82) is 0 Å². The van der Waals surface area contributed by atoms with Crippen molar-refractivity contribution in [3.63, 3.8) is 0 Å². The molecule has 174 valence electrons. The molecule has 0 unspecified atom stereocenters. The molecule has 0 aliphatic rings. The number of aryl methyl sites for hydroxylation is 1. The smallest absolute Gasteiger partial charge is 0.226 e. The Bertz CT molecular complexity index is 1620. The van der Waals surface area contributed by atoms with Gasteiger partial charge in [-0.05, 0) is 48.9 Å². The number of ether oxygens (including phenoxy) is 1. The fourth-order valence-corrected chi connectivity index (χ4v) is 6.07. The molecular weight excluding hydrogens is 492 g/mol. The van der Waals surface area contributed by atoms with Crippen molar-refractivity contribution in [2.24, 2.45) is 0 Å². The van der Waals surface area contributed by atoms with Crippen molar-refractivity contribution >= 4 is 58.7 Å². The molecule has 8 nitrogen and oxygen atoms in total. The van der Waals surface area contributed by atoms with Crippen LogP contribution in [0.2, 0.25) is 0 Å². The van der Waals surface area contributed by atoms with Gasteiger partial charge in [-0.15, -0.1) is 11.3 Å². The highest BCUT2D eigenvalue weighted by molar-refractivity contribution is 7.90. The van der Waals surface area contributed by atoms with E-state index in [1.54, 1.807) is 19.2 Å². The molecule has 11 heteroatoms. The molecule has 0 saturated heterocycles. The normalized spacial score (nSPS) is 11.8. The lowest BCUT2D eigenvalue weighted by atomic mass is 10.1. The van der Waals surface area contributed by atoms with E-state index in [1.807, 2.05) is 40.2 Å². The van der Waals surface area contributed by atoms with Crippen LogP contribution in [0.4, 0.5) is 5.13 Å². The van der Waals surface area contributed by atoms with Gasteiger partial charge in [0.25, 0.3) is 0 Å². The summed E-state index contributed by atoms with van der Waals surface area (Å²) in [4.78, 5) is 22.7. The highest BCUT2D eigenvalue weighted by Crippen LogP contribution is 2.29. The summed E-state index contributed by atoms with van der Waals surface area (Å²) < 4.78 is 31.5. The molecule has 0 aliphatic heterocycles. The minimum atomic E-state index is -3.30. The average molecular weight is 513 g/mol. The maximum Gasteiger partial charge on any atom is 0.226 e. The van der Waals surface area contributed by atoms with Crippen LogP contribution in [0.3, 0.4) is 0 Å². The van der Waals surface area contributed by atoms with E-state index in [0.29, 0.717) is 21.8 Å². The number of rotatable bonds is 7. The molecule has 0 radical (unpaired) electrons. The first kappa shape index (κ1) is 22.5. The van der Waals surface area contributed by atoms with Crippen LogP contribution in [0.1, 0.15) is 12.1 Å². The summed E-state index contributed by atoms with van der Waals surface area (Å²) in [6, 6.07) is 12.5. The number of nitrogens with one attached hydrogen (secondary N) is 1. The lowest BCUT2D eigenvalue weighted by Crippen LogP contribution is -2.12. The van der Waals surface area contributed by atoms with Crippen LogP contribution in [0, 0.1) is 0 Å². The van der Waals surface area contributed by atoms with E-state index in [4.69, 9.17) is 9.72 Å². The Morgan fingerprint density at radius 3 is 2.68 bits per heavy atom. The number of carbonyl (C=O) groups is 1. The number of nitrogens with zero attached hydrogens (tertiary/aromatic N) is 3. The number of amides is 1. The van der Waals surface area contributed by atoms with Gasteiger partial charge in [0.1, 0.15) is 5.75 Å². The van der Waals surface area contributed by atoms with Gasteiger partial charge in [-0.1, -0.05) is 11.3 Å². The summed E-state index contributed by atoms with van der Waals surface area (Å²) in [6.45, 7) is 0. The predicted octanol–water partition coefficient (Wildman–Crippen LogP) is 4.66. The van der Waals surface area contributed by atoms with Crippen LogP contribution in [0.25, 0.3) is 26.4 Å². The van der Waals surface area contributed by atoms with E-state index in [-0.39, 0.29) is 17.2 Å². The van der Waals surface area contributed by atoms with Crippen LogP contribution < -0.4 is 10.1 Å². The lowest BCUT2D eigenvalue weighted by Gasteiger charge is -2.02. The summed E-state index contributed by atoms with van der Waals surface area (Å²) in [5.74, 6) is 0.637. The van der Waals surface area contributed by atoms with Gasteiger partial charge < -0.3 is 10.1 Å². The zero-order valence-corrected chi connectivity index (χ0v) is 20.8. The number of sulfone groups is 1. The minimum absolute atomic E-state index is 0.155. The third kappa shape index (κ3) is 4.54. The van der Waals surface area contributed by atoms with Crippen LogP contribution in [-0.4, -0.2) is 42.1 Å². The van der Waals surface area contributed by atoms with Crippen LogP contribution in [0.5, 0.6) is 5.75 Å². The Labute approximate surface area is 203 Å². The summed E-state index contributed by atoms with van der Waals surface area (Å²) in [6.07, 6.45) is 3.98. The number of hydrogen-bond donors (Lipinski definition) is 1. The van der Waals surface area contributed by atoms with Crippen LogP contribution in [0.15, 0.2) is 58.9 Å². The standard InChI is InChI=1S/C23H20N4O4S3/c1-31-16-6-3-14(4-7-16)19-12-27-15(13-32-23(27)25-19)5-10-21(28)26-22-24-18-9-8-17(34(2,29)30)11-20(18)33-22/h3-4,6-9,11-13H,5,10H2,1-2H3,(H,24,26,28). The number of thiazole rings is 2. The monoisotopic (exact) mass is 512 g/mol. The number of imidazole rings is 1. The molecule has 0 saturated carbocycles. The molecule has 1 N–H and O–H groups in total. The molecule has 0 bridgehead atoms. The molecule has 0 fully saturated rings. The minimum Gasteiger partial charge on any atom is -0.497 e. The average Bonchev–Trinajstić information content (AvgIpc) is 3.50. The number of hydrogen-bond acceptors (Lipinski definition) is 8. The molecule has 5 rings (SSSR count). The fraction of sp³-hybridized carbons (Fsp3) is 0.174. The summed E-state index contributed by atoms with van der Waals surface area (Å²) in [5.41, 5.74) is 3.51. The second kappa shape index (κ2) is 8.82. The second-order valence-electron chi connectivity index (χ2n) is 7.70. The molecule has 0 atom stereocenters. The largest absolute Gasteiger partial charge is 0.497 e. The fourth-order valence-electron chi connectivity index (χ4n) is 3.52. The number of aromatic nitrogens is 3. The zero-order chi connectivity index (χ0) is 23.9. The van der Waals surface area contributed by atoms with Gasteiger partial charge in [-0.2, -0.15) is 0 Å². The molecule has 0 aliphatic carbocycles. The van der Waals surface area contributed by atoms with Gasteiger partial charge in [-0.3, -0.25) is 9.20 Å². The van der Waals surface area contributed by atoms with Gasteiger partial charge in [0.15, 0.2) is 19.9 Å². The predicted molar refractivity (Wildman–Crippen MR) is 135 cm³/mol. The number of carbonyl (C=O) groups excluding carboxylic acids is 1. The Morgan fingerprint density at radius 2 is 1.94 bits per heavy atom. The van der Waals surface area contributed by atoms with E-state index in [1.165, 1.54) is 35.0 Å². The van der Waals surface area contributed by atoms with Gasteiger partial charge in [-0.25, -0.2) is 18.4 Å². The van der Waals surface area contributed by atoms with Crippen molar-refractivity contribution in [3.8, 4) is 17.0 Å². The third-order valence-electron chi connectivity index (χ3n) is 5.31. The highest BCUT2D eigenvalue weighted by Gasteiger charge is 2.14. The molecule has 3 heterocycles. The zero-order valence-electron chi connectivity index (χ0n) is 18.3. The van der Waals surface area contributed by atoms with Crippen molar-refractivity contribution in [1.82, 2.24) is 14.4 Å². The molecular formula is C23H20N4O4S3. The first-order valence-electron chi connectivity index (χ1n) is 10.3. The Balaban J connectivity index is 1.27.